The first kappa shape index (κ1) is 18.0. The summed E-state index contributed by atoms with van der Waals surface area (Å²) in [6.07, 6.45) is 0. The topological polar surface area (TPSA) is 78.5 Å². The third-order valence-electron chi connectivity index (χ3n) is 4.11. The molecule has 0 saturated carbocycles. The average Bonchev–Trinajstić information content (AvgIpc) is 3.18. The van der Waals surface area contributed by atoms with Crippen molar-refractivity contribution in [3.63, 3.8) is 0 Å². The van der Waals surface area contributed by atoms with Crippen LogP contribution in [0.2, 0.25) is 0 Å². The van der Waals surface area contributed by atoms with Crippen molar-refractivity contribution in [3.05, 3.63) is 65.7 Å². The highest BCUT2D eigenvalue weighted by Crippen LogP contribution is 2.24. The van der Waals surface area contributed by atoms with Gasteiger partial charge in [0.15, 0.2) is 0 Å². The number of rotatable bonds is 4. The molecule has 2 aromatic carbocycles. The van der Waals surface area contributed by atoms with Gasteiger partial charge in [0.2, 0.25) is 5.91 Å². The quantitative estimate of drug-likeness (QED) is 0.866. The SMILES string of the molecule is CNC(=O)c1ccc(NC(=O)[C@@H]2CSCN2C(=O)c2ccccc2)cc1. The van der Waals surface area contributed by atoms with Crippen molar-refractivity contribution in [2.45, 2.75) is 6.04 Å². The van der Waals surface area contributed by atoms with Crippen LogP contribution in [0.15, 0.2) is 54.6 Å². The number of hydrogen-bond donors (Lipinski definition) is 2. The Labute approximate surface area is 156 Å². The van der Waals surface area contributed by atoms with Gasteiger partial charge in [-0.15, -0.1) is 11.8 Å². The van der Waals surface area contributed by atoms with Crippen LogP contribution in [-0.2, 0) is 4.79 Å². The molecule has 7 heteroatoms. The Kier molecular flexibility index (Phi) is 5.58. The highest BCUT2D eigenvalue weighted by atomic mass is 32.2. The largest absolute Gasteiger partial charge is 0.355 e. The maximum absolute atomic E-state index is 12.7. The van der Waals surface area contributed by atoms with Crippen molar-refractivity contribution in [3.8, 4) is 0 Å². The van der Waals surface area contributed by atoms with Crippen molar-refractivity contribution < 1.29 is 14.4 Å². The van der Waals surface area contributed by atoms with Crippen LogP contribution in [0, 0.1) is 0 Å². The van der Waals surface area contributed by atoms with Crippen LogP contribution in [0.5, 0.6) is 0 Å². The molecule has 0 aromatic heterocycles. The Morgan fingerprint density at radius 1 is 1.00 bits per heavy atom. The number of carbonyl (C=O) groups excluding carboxylic acids is 3. The smallest absolute Gasteiger partial charge is 0.255 e. The van der Waals surface area contributed by atoms with Gasteiger partial charge >= 0.3 is 0 Å². The Hall–Kier alpha value is -2.80. The van der Waals surface area contributed by atoms with Crippen LogP contribution in [-0.4, -0.2) is 47.3 Å². The molecule has 3 rings (SSSR count). The van der Waals surface area contributed by atoms with E-state index in [2.05, 4.69) is 10.6 Å². The van der Waals surface area contributed by atoms with E-state index in [0.717, 1.165) is 0 Å². The minimum absolute atomic E-state index is 0.147. The van der Waals surface area contributed by atoms with Gasteiger partial charge in [0.25, 0.3) is 11.8 Å². The zero-order valence-corrected chi connectivity index (χ0v) is 15.1. The number of anilines is 1. The number of hydrogen-bond acceptors (Lipinski definition) is 4. The summed E-state index contributed by atoms with van der Waals surface area (Å²) in [7, 11) is 1.56. The second-order valence-corrected chi connectivity index (χ2v) is 6.80. The van der Waals surface area contributed by atoms with E-state index >= 15 is 0 Å². The van der Waals surface area contributed by atoms with E-state index in [1.165, 1.54) is 0 Å². The zero-order chi connectivity index (χ0) is 18.5. The molecule has 134 valence electrons. The van der Waals surface area contributed by atoms with E-state index in [0.29, 0.717) is 28.4 Å². The Bertz CT molecular complexity index is 809. The second-order valence-electron chi connectivity index (χ2n) is 5.80. The Morgan fingerprint density at radius 2 is 1.69 bits per heavy atom. The summed E-state index contributed by atoms with van der Waals surface area (Å²) in [6.45, 7) is 0. The average molecular weight is 369 g/mol. The summed E-state index contributed by atoms with van der Waals surface area (Å²) >= 11 is 1.55. The molecular weight excluding hydrogens is 350 g/mol. The summed E-state index contributed by atoms with van der Waals surface area (Å²) in [5.74, 6) is 0.481. The molecule has 0 unspecified atom stereocenters. The molecule has 1 saturated heterocycles. The van der Waals surface area contributed by atoms with Gasteiger partial charge in [-0.25, -0.2) is 0 Å². The van der Waals surface area contributed by atoms with E-state index in [-0.39, 0.29) is 17.7 Å². The number of amides is 3. The number of thioether (sulfide) groups is 1. The third-order valence-corrected chi connectivity index (χ3v) is 5.12. The molecule has 26 heavy (non-hydrogen) atoms. The Balaban J connectivity index is 1.68. The molecular formula is C19H19N3O3S. The van der Waals surface area contributed by atoms with Gasteiger partial charge in [0, 0.05) is 29.6 Å². The lowest BCUT2D eigenvalue weighted by Gasteiger charge is -2.23. The first-order valence-corrected chi connectivity index (χ1v) is 9.32. The molecule has 1 fully saturated rings. The number of nitrogens with one attached hydrogen (secondary N) is 2. The van der Waals surface area contributed by atoms with E-state index < -0.39 is 6.04 Å². The van der Waals surface area contributed by atoms with E-state index in [9.17, 15) is 14.4 Å². The summed E-state index contributed by atoms with van der Waals surface area (Å²) < 4.78 is 0. The molecule has 6 nitrogen and oxygen atoms in total. The van der Waals surface area contributed by atoms with Gasteiger partial charge in [-0.1, -0.05) is 18.2 Å². The maximum Gasteiger partial charge on any atom is 0.255 e. The highest BCUT2D eigenvalue weighted by molar-refractivity contribution is 7.99. The van der Waals surface area contributed by atoms with Crippen molar-refractivity contribution in [1.82, 2.24) is 10.2 Å². The van der Waals surface area contributed by atoms with Crippen LogP contribution in [0.3, 0.4) is 0 Å². The zero-order valence-electron chi connectivity index (χ0n) is 14.3. The first-order valence-electron chi connectivity index (χ1n) is 8.17. The fraction of sp³-hybridized carbons (Fsp3) is 0.211. The predicted molar refractivity (Wildman–Crippen MR) is 102 cm³/mol. The molecule has 1 aliphatic heterocycles. The van der Waals surface area contributed by atoms with Crippen LogP contribution < -0.4 is 10.6 Å². The summed E-state index contributed by atoms with van der Waals surface area (Å²) in [5.41, 5.74) is 1.68. The fourth-order valence-electron chi connectivity index (χ4n) is 2.68. The molecule has 0 aliphatic carbocycles. The molecule has 0 radical (unpaired) electrons. The number of nitrogens with zero attached hydrogens (tertiary/aromatic N) is 1. The second kappa shape index (κ2) is 8.05. The van der Waals surface area contributed by atoms with Gasteiger partial charge in [-0.3, -0.25) is 14.4 Å². The van der Waals surface area contributed by atoms with Crippen molar-refractivity contribution in [1.29, 1.82) is 0 Å². The molecule has 1 atom stereocenters. The van der Waals surface area contributed by atoms with E-state index in [1.54, 1.807) is 72.2 Å². The standard InChI is InChI=1S/C19H19N3O3S/c1-20-17(23)13-7-9-15(10-8-13)21-18(24)16-11-26-12-22(16)19(25)14-5-3-2-4-6-14/h2-10,16H,11-12H2,1H3,(H,20,23)(H,21,24)/t16-/m0/s1. The minimum Gasteiger partial charge on any atom is -0.355 e. The maximum atomic E-state index is 12.7. The van der Waals surface area contributed by atoms with Crippen LogP contribution in [0.4, 0.5) is 5.69 Å². The molecule has 1 heterocycles. The molecule has 2 aromatic rings. The summed E-state index contributed by atoms with van der Waals surface area (Å²) in [6, 6.07) is 15.1. The molecule has 0 bridgehead atoms. The molecule has 3 amide bonds. The van der Waals surface area contributed by atoms with Crippen LogP contribution >= 0.6 is 11.8 Å². The van der Waals surface area contributed by atoms with Crippen LogP contribution in [0.1, 0.15) is 20.7 Å². The Morgan fingerprint density at radius 3 is 2.35 bits per heavy atom. The lowest BCUT2D eigenvalue weighted by molar-refractivity contribution is -0.119. The van der Waals surface area contributed by atoms with Crippen molar-refractivity contribution >= 4 is 35.2 Å². The molecule has 1 aliphatic rings. The first-order chi connectivity index (χ1) is 12.6. The monoisotopic (exact) mass is 369 g/mol. The third kappa shape index (κ3) is 3.88. The van der Waals surface area contributed by atoms with E-state index in [1.807, 2.05) is 6.07 Å². The normalized spacial score (nSPS) is 16.2. The molecule has 0 spiro atoms. The van der Waals surface area contributed by atoms with Gasteiger partial charge in [0.05, 0.1) is 5.88 Å². The minimum atomic E-state index is -0.522. The number of benzene rings is 2. The lowest BCUT2D eigenvalue weighted by atomic mass is 10.1. The summed E-state index contributed by atoms with van der Waals surface area (Å²) in [4.78, 5) is 38.4. The number of carbonyl (C=O) groups is 3. The highest BCUT2D eigenvalue weighted by Gasteiger charge is 2.35. The van der Waals surface area contributed by atoms with Crippen LogP contribution in [0.25, 0.3) is 0 Å². The van der Waals surface area contributed by atoms with Gasteiger partial charge in [0.1, 0.15) is 6.04 Å². The van der Waals surface area contributed by atoms with Crippen molar-refractivity contribution in [2.24, 2.45) is 0 Å². The predicted octanol–water partition coefficient (Wildman–Crippen LogP) is 2.20. The fourth-order valence-corrected chi connectivity index (χ4v) is 3.84. The van der Waals surface area contributed by atoms with Gasteiger partial charge < -0.3 is 15.5 Å². The van der Waals surface area contributed by atoms with Crippen molar-refractivity contribution in [2.75, 3.05) is 24.0 Å². The van der Waals surface area contributed by atoms with E-state index in [4.69, 9.17) is 0 Å². The molecule has 2 N–H and O–H groups in total. The summed E-state index contributed by atoms with van der Waals surface area (Å²) in [5, 5.41) is 5.37. The van der Waals surface area contributed by atoms with Gasteiger partial charge in [-0.2, -0.15) is 0 Å². The lowest BCUT2D eigenvalue weighted by Crippen LogP contribution is -2.44. The van der Waals surface area contributed by atoms with Gasteiger partial charge in [-0.05, 0) is 36.4 Å².